The van der Waals surface area contributed by atoms with E-state index in [4.69, 9.17) is 0 Å². The lowest BCUT2D eigenvalue weighted by molar-refractivity contribution is 0.112. The monoisotopic (exact) mass is 456 g/mol. The molecule has 0 bridgehead atoms. The van der Waals surface area contributed by atoms with Gasteiger partial charge in [-0.1, -0.05) is 90.1 Å². The van der Waals surface area contributed by atoms with Crippen molar-refractivity contribution in [3.8, 4) is 20.9 Å². The van der Waals surface area contributed by atoms with Crippen molar-refractivity contribution in [3.05, 3.63) is 65.2 Å². The number of benzene rings is 2. The lowest BCUT2D eigenvalue weighted by atomic mass is 9.86. The number of carbonyl (C=O) groups excluding carboxylic acids is 1. The minimum absolute atomic E-state index is 0.0154. The Morgan fingerprint density at radius 2 is 1.13 bits per heavy atom. The molecule has 0 amide bonds. The molecule has 164 valence electrons. The molecule has 4 nitrogen and oxygen atoms in total. The number of hydrogen-bond donors (Lipinski definition) is 2. The van der Waals surface area contributed by atoms with E-state index in [1.165, 1.54) is 11.3 Å². The first-order chi connectivity index (χ1) is 14.2. The number of hydrogen-bond acceptors (Lipinski definition) is 3. The Labute approximate surface area is 188 Å². The fourth-order valence-corrected chi connectivity index (χ4v) is 6.11. The van der Waals surface area contributed by atoms with Crippen LogP contribution < -0.4 is 5.30 Å². The van der Waals surface area contributed by atoms with Gasteiger partial charge in [-0.25, -0.2) is 0 Å². The summed E-state index contributed by atoms with van der Waals surface area (Å²) in [5.41, 5.74) is 3.75. The molecular formula is C25H29O4PS. The Hall–Kier alpha value is -2.04. The molecule has 0 aliphatic heterocycles. The van der Waals surface area contributed by atoms with E-state index in [1.807, 2.05) is 48.5 Å². The van der Waals surface area contributed by atoms with Crippen LogP contribution in [0.1, 0.15) is 63.0 Å². The summed E-state index contributed by atoms with van der Waals surface area (Å²) >= 11 is 1.25. The van der Waals surface area contributed by atoms with Crippen molar-refractivity contribution >= 4 is 30.5 Å². The molecule has 0 fully saturated rings. The summed E-state index contributed by atoms with van der Waals surface area (Å²) < 4.78 is 12.4. The molecule has 2 aromatic carbocycles. The second-order valence-corrected chi connectivity index (χ2v) is 12.4. The Kier molecular flexibility index (Phi) is 6.20. The van der Waals surface area contributed by atoms with Gasteiger partial charge in [0, 0.05) is 10.4 Å². The van der Waals surface area contributed by atoms with Crippen LogP contribution in [0.5, 0.6) is 0 Å². The van der Waals surface area contributed by atoms with Crippen molar-refractivity contribution in [2.45, 2.75) is 52.4 Å². The third-order valence-electron chi connectivity index (χ3n) is 5.35. The standard InChI is InChI=1S/C25H29O4PS/c1-24(2,3)18-11-7-16(8-12-18)22-20(15-26)21(30(27,28)29)23(31-22)17-9-13-19(14-10-17)25(4,5)6/h7-15H,1-6H3,(H2,27,28,29). The van der Waals surface area contributed by atoms with E-state index < -0.39 is 7.60 Å². The summed E-state index contributed by atoms with van der Waals surface area (Å²) in [6.07, 6.45) is 0.560. The molecular weight excluding hydrogens is 427 g/mol. The van der Waals surface area contributed by atoms with Gasteiger partial charge in [0.1, 0.15) is 0 Å². The predicted molar refractivity (Wildman–Crippen MR) is 130 cm³/mol. The zero-order valence-corrected chi connectivity index (χ0v) is 20.5. The van der Waals surface area contributed by atoms with Crippen LogP contribution in [-0.4, -0.2) is 16.1 Å². The molecule has 3 rings (SSSR count). The maximum absolute atomic E-state index is 12.4. The highest BCUT2D eigenvalue weighted by molar-refractivity contribution is 7.61. The van der Waals surface area contributed by atoms with Crippen LogP contribution in [0, 0.1) is 0 Å². The zero-order chi connectivity index (χ0) is 23.2. The first-order valence-electron chi connectivity index (χ1n) is 10.1. The Bertz CT molecular complexity index is 1140. The quantitative estimate of drug-likeness (QED) is 0.357. The average molecular weight is 457 g/mol. The van der Waals surface area contributed by atoms with Crippen molar-refractivity contribution in [2.24, 2.45) is 0 Å². The number of aldehydes is 1. The van der Waals surface area contributed by atoms with Crippen molar-refractivity contribution in [1.82, 2.24) is 0 Å². The van der Waals surface area contributed by atoms with E-state index >= 15 is 0 Å². The van der Waals surface area contributed by atoms with Gasteiger partial charge < -0.3 is 9.79 Å². The highest BCUT2D eigenvalue weighted by atomic mass is 32.1. The van der Waals surface area contributed by atoms with Crippen molar-refractivity contribution < 1.29 is 19.1 Å². The van der Waals surface area contributed by atoms with E-state index in [2.05, 4.69) is 41.5 Å². The smallest absolute Gasteiger partial charge is 0.321 e. The largest absolute Gasteiger partial charge is 0.358 e. The maximum atomic E-state index is 12.4. The molecule has 0 unspecified atom stereocenters. The van der Waals surface area contributed by atoms with Gasteiger partial charge in [0.05, 0.1) is 10.2 Å². The second kappa shape index (κ2) is 8.14. The fourth-order valence-electron chi connectivity index (χ4n) is 3.49. The van der Waals surface area contributed by atoms with Crippen LogP contribution in [0.25, 0.3) is 20.9 Å². The maximum Gasteiger partial charge on any atom is 0.358 e. The van der Waals surface area contributed by atoms with E-state index in [1.54, 1.807) is 0 Å². The van der Waals surface area contributed by atoms with Gasteiger partial charge in [0.15, 0.2) is 6.29 Å². The molecule has 2 N–H and O–H groups in total. The third-order valence-corrected chi connectivity index (χ3v) is 7.86. The van der Waals surface area contributed by atoms with Gasteiger partial charge in [-0.05, 0) is 33.1 Å². The van der Waals surface area contributed by atoms with Crippen LogP contribution in [0.3, 0.4) is 0 Å². The minimum atomic E-state index is -4.68. The Morgan fingerprint density at radius 3 is 1.45 bits per heavy atom. The molecule has 0 aliphatic carbocycles. The minimum Gasteiger partial charge on any atom is -0.321 e. The first-order valence-corrected chi connectivity index (χ1v) is 12.6. The van der Waals surface area contributed by atoms with Crippen molar-refractivity contribution in [1.29, 1.82) is 0 Å². The summed E-state index contributed by atoms with van der Waals surface area (Å²) in [6.45, 7) is 12.7. The molecule has 0 aliphatic rings. The van der Waals surface area contributed by atoms with E-state index in [0.717, 1.165) is 16.7 Å². The molecule has 0 saturated heterocycles. The van der Waals surface area contributed by atoms with Gasteiger partial charge in [-0.2, -0.15) is 0 Å². The van der Waals surface area contributed by atoms with Crippen LogP contribution in [0.4, 0.5) is 0 Å². The number of carbonyl (C=O) groups is 1. The van der Waals surface area contributed by atoms with Crippen molar-refractivity contribution in [3.63, 3.8) is 0 Å². The third kappa shape index (κ3) is 4.91. The number of rotatable bonds is 4. The van der Waals surface area contributed by atoms with Crippen LogP contribution in [0.15, 0.2) is 48.5 Å². The molecule has 6 heteroatoms. The molecule has 0 radical (unpaired) electrons. The normalized spacial score (nSPS) is 12.8. The Balaban J connectivity index is 2.21. The summed E-state index contributed by atoms with van der Waals surface area (Å²) in [4.78, 5) is 33.2. The summed E-state index contributed by atoms with van der Waals surface area (Å²) in [7, 11) is -4.68. The lowest BCUT2D eigenvalue weighted by Crippen LogP contribution is -2.12. The molecule has 3 aromatic rings. The fraction of sp³-hybridized carbons (Fsp3) is 0.320. The molecule has 31 heavy (non-hydrogen) atoms. The highest BCUT2D eigenvalue weighted by Gasteiger charge is 2.32. The van der Waals surface area contributed by atoms with Gasteiger partial charge >= 0.3 is 7.60 Å². The van der Waals surface area contributed by atoms with Gasteiger partial charge in [0.2, 0.25) is 0 Å². The SMILES string of the molecule is CC(C)(C)c1ccc(-c2sc(-c3ccc(C(C)(C)C)cc3)c(P(=O)(O)O)c2C=O)cc1. The first kappa shape index (κ1) is 23.6. The highest BCUT2D eigenvalue weighted by Crippen LogP contribution is 2.47. The molecule has 1 aromatic heterocycles. The second-order valence-electron chi connectivity index (χ2n) is 9.84. The van der Waals surface area contributed by atoms with Gasteiger partial charge in [0.25, 0.3) is 0 Å². The Morgan fingerprint density at radius 1 is 0.742 bits per heavy atom. The topological polar surface area (TPSA) is 74.6 Å². The molecule has 0 spiro atoms. The van der Waals surface area contributed by atoms with Crippen LogP contribution in [0.2, 0.25) is 0 Å². The van der Waals surface area contributed by atoms with E-state index in [-0.39, 0.29) is 21.7 Å². The lowest BCUT2D eigenvalue weighted by Gasteiger charge is -2.19. The number of thiophene rings is 1. The van der Waals surface area contributed by atoms with E-state index in [9.17, 15) is 19.1 Å². The molecule has 1 heterocycles. The van der Waals surface area contributed by atoms with Crippen LogP contribution in [-0.2, 0) is 15.4 Å². The molecule has 0 atom stereocenters. The molecule has 0 saturated carbocycles. The van der Waals surface area contributed by atoms with Crippen molar-refractivity contribution in [2.75, 3.05) is 0 Å². The van der Waals surface area contributed by atoms with Gasteiger partial charge in [-0.3, -0.25) is 9.36 Å². The summed E-state index contributed by atoms with van der Waals surface area (Å²) in [6, 6.07) is 15.5. The van der Waals surface area contributed by atoms with Crippen LogP contribution >= 0.6 is 18.9 Å². The zero-order valence-electron chi connectivity index (χ0n) is 18.8. The predicted octanol–water partition coefficient (Wildman–Crippen LogP) is 6.29. The van der Waals surface area contributed by atoms with Gasteiger partial charge in [-0.15, -0.1) is 11.3 Å². The van der Waals surface area contributed by atoms with E-state index in [0.29, 0.717) is 21.6 Å². The average Bonchev–Trinajstić information content (AvgIpc) is 3.07. The summed E-state index contributed by atoms with van der Waals surface area (Å²) in [5.74, 6) is 0. The summed E-state index contributed by atoms with van der Waals surface area (Å²) in [5, 5.41) is -0.189.